The second kappa shape index (κ2) is 13.2. The number of carbonyl (C=O) groups is 2. The van der Waals surface area contributed by atoms with E-state index in [-0.39, 0.29) is 59.1 Å². The third-order valence-corrected chi connectivity index (χ3v) is 6.06. The first-order valence-corrected chi connectivity index (χ1v) is 12.4. The van der Waals surface area contributed by atoms with Crippen molar-refractivity contribution in [1.29, 1.82) is 5.26 Å². The van der Waals surface area contributed by atoms with Gasteiger partial charge in [0.2, 0.25) is 0 Å². The number of nitriles is 1. The normalized spacial score (nSPS) is 10.9. The smallest absolute Gasteiger partial charge is 0.433 e. The average Bonchev–Trinajstić information content (AvgIpc) is 2.94. The quantitative estimate of drug-likeness (QED) is 0.206. The van der Waals surface area contributed by atoms with Crippen LogP contribution in [0, 0.1) is 11.3 Å². The molecule has 3 rings (SSSR count). The molecule has 0 unspecified atom stereocenters. The number of alkyl halides is 3. The summed E-state index contributed by atoms with van der Waals surface area (Å²) in [5, 5.41) is 9.58. The summed E-state index contributed by atoms with van der Waals surface area (Å²) in [5.41, 5.74) is -1.01. The molecule has 1 heterocycles. The number of esters is 1. The molecular formula is C28H25ClF3N3O5. The molecule has 0 fully saturated rings. The van der Waals surface area contributed by atoms with Gasteiger partial charge in [-0.1, -0.05) is 23.7 Å². The Morgan fingerprint density at radius 1 is 1.12 bits per heavy atom. The summed E-state index contributed by atoms with van der Waals surface area (Å²) in [7, 11) is 2.97. The molecule has 0 aliphatic rings. The number of methoxy groups -OCH3 is 1. The van der Waals surface area contributed by atoms with E-state index in [0.29, 0.717) is 17.5 Å². The van der Waals surface area contributed by atoms with E-state index in [1.807, 2.05) is 0 Å². The fourth-order valence-electron chi connectivity index (χ4n) is 3.79. The van der Waals surface area contributed by atoms with Crippen LogP contribution in [0.3, 0.4) is 0 Å². The molecule has 0 spiro atoms. The predicted molar refractivity (Wildman–Crippen MR) is 141 cm³/mol. The lowest BCUT2D eigenvalue weighted by molar-refractivity contribution is -0.143. The van der Waals surface area contributed by atoms with E-state index in [4.69, 9.17) is 25.8 Å². The van der Waals surface area contributed by atoms with Gasteiger partial charge in [0.05, 0.1) is 48.2 Å². The zero-order chi connectivity index (χ0) is 29.4. The van der Waals surface area contributed by atoms with Crippen LogP contribution >= 0.6 is 11.6 Å². The number of aromatic nitrogens is 1. The number of ether oxygens (including phenoxy) is 3. The second-order valence-electron chi connectivity index (χ2n) is 8.35. The number of halogens is 4. The van der Waals surface area contributed by atoms with Crippen LogP contribution in [0.1, 0.15) is 41.4 Å². The van der Waals surface area contributed by atoms with E-state index in [1.165, 1.54) is 31.2 Å². The minimum atomic E-state index is -4.76. The van der Waals surface area contributed by atoms with Crippen LogP contribution in [0.25, 0.3) is 11.1 Å². The maximum atomic E-state index is 13.7. The van der Waals surface area contributed by atoms with Gasteiger partial charge in [-0.3, -0.25) is 14.6 Å². The first-order chi connectivity index (χ1) is 19.0. The number of anilines is 1. The van der Waals surface area contributed by atoms with E-state index in [9.17, 15) is 28.0 Å². The van der Waals surface area contributed by atoms with Gasteiger partial charge in [0, 0.05) is 36.9 Å². The second-order valence-corrected chi connectivity index (χ2v) is 8.75. The summed E-state index contributed by atoms with van der Waals surface area (Å²) in [6.07, 6.45) is -3.49. The zero-order valence-electron chi connectivity index (χ0n) is 21.8. The SMILES string of the molecule is CCOC(=O)CCCOc1cc(Cl)c(-c2cnc(C(F)(F)F)cc2C#N)cc1C(=O)N(C)c1ccccc1OC. The van der Waals surface area contributed by atoms with E-state index in [2.05, 4.69) is 4.98 Å². The molecule has 8 nitrogen and oxygen atoms in total. The van der Waals surface area contributed by atoms with E-state index >= 15 is 0 Å². The molecule has 3 aromatic rings. The fourth-order valence-corrected chi connectivity index (χ4v) is 4.05. The minimum absolute atomic E-state index is 0.00311. The van der Waals surface area contributed by atoms with Gasteiger partial charge in [-0.05, 0) is 37.6 Å². The van der Waals surface area contributed by atoms with Crippen molar-refractivity contribution in [1.82, 2.24) is 4.98 Å². The molecule has 0 aliphatic carbocycles. The number of hydrogen-bond acceptors (Lipinski definition) is 7. The van der Waals surface area contributed by atoms with Gasteiger partial charge in [-0.25, -0.2) is 0 Å². The van der Waals surface area contributed by atoms with Crippen molar-refractivity contribution in [2.75, 3.05) is 32.3 Å². The molecule has 1 amide bonds. The van der Waals surface area contributed by atoms with Gasteiger partial charge in [0.25, 0.3) is 5.91 Å². The lowest BCUT2D eigenvalue weighted by Gasteiger charge is -2.22. The largest absolute Gasteiger partial charge is 0.495 e. The van der Waals surface area contributed by atoms with Crippen LogP contribution < -0.4 is 14.4 Å². The highest BCUT2D eigenvalue weighted by Gasteiger charge is 2.33. The fraction of sp³-hybridized carbons (Fsp3) is 0.286. The Balaban J connectivity index is 2.07. The van der Waals surface area contributed by atoms with Gasteiger partial charge in [0.1, 0.15) is 17.2 Å². The van der Waals surface area contributed by atoms with Crippen LogP contribution in [0.5, 0.6) is 11.5 Å². The Morgan fingerprint density at radius 2 is 1.85 bits per heavy atom. The molecule has 0 radical (unpaired) electrons. The van der Waals surface area contributed by atoms with Gasteiger partial charge in [0.15, 0.2) is 0 Å². The summed E-state index contributed by atoms with van der Waals surface area (Å²) in [4.78, 5) is 30.2. The van der Waals surface area contributed by atoms with Crippen molar-refractivity contribution in [3.05, 3.63) is 70.5 Å². The number of rotatable bonds is 10. The van der Waals surface area contributed by atoms with Crippen LogP contribution in [-0.2, 0) is 15.7 Å². The standard InChI is InChI=1S/C28H25ClF3N3O5/c1-4-39-26(36)10-7-11-40-24-14-21(29)18(20-16-34-25(28(30,31)32)12-17(20)15-33)13-19(24)27(37)35(2)22-8-5-6-9-23(22)38-3/h5-6,8-9,12-14,16H,4,7,10-11H2,1-3H3. The Labute approximate surface area is 233 Å². The van der Waals surface area contributed by atoms with Crippen molar-refractivity contribution >= 4 is 29.2 Å². The number of amides is 1. The van der Waals surface area contributed by atoms with Crippen molar-refractivity contribution in [3.8, 4) is 28.7 Å². The number of pyridine rings is 1. The van der Waals surface area contributed by atoms with Crippen molar-refractivity contribution in [2.45, 2.75) is 25.9 Å². The Kier molecular flexibility index (Phi) is 9.96. The average molecular weight is 576 g/mol. The van der Waals surface area contributed by atoms with Crippen molar-refractivity contribution in [3.63, 3.8) is 0 Å². The lowest BCUT2D eigenvalue weighted by atomic mass is 9.98. The van der Waals surface area contributed by atoms with Gasteiger partial charge in [-0.15, -0.1) is 0 Å². The first-order valence-electron chi connectivity index (χ1n) is 12.0. The summed E-state index contributed by atoms with van der Waals surface area (Å²) >= 11 is 6.49. The van der Waals surface area contributed by atoms with Crippen molar-refractivity contribution in [2.24, 2.45) is 0 Å². The molecule has 40 heavy (non-hydrogen) atoms. The molecule has 0 aliphatic heterocycles. The molecule has 210 valence electrons. The zero-order valence-corrected chi connectivity index (χ0v) is 22.6. The Hall–Kier alpha value is -4.30. The number of nitrogens with zero attached hydrogens (tertiary/aromatic N) is 3. The van der Waals surface area contributed by atoms with Crippen LogP contribution in [0.15, 0.2) is 48.7 Å². The van der Waals surface area contributed by atoms with Crippen LogP contribution in [-0.4, -0.2) is 44.2 Å². The topological polar surface area (TPSA) is 102 Å². The van der Waals surface area contributed by atoms with Crippen LogP contribution in [0.2, 0.25) is 5.02 Å². The lowest BCUT2D eigenvalue weighted by Crippen LogP contribution is -2.27. The molecule has 0 saturated carbocycles. The molecule has 12 heteroatoms. The monoisotopic (exact) mass is 575 g/mol. The van der Waals surface area contributed by atoms with Gasteiger partial charge >= 0.3 is 12.1 Å². The number of hydrogen-bond donors (Lipinski definition) is 0. The highest BCUT2D eigenvalue weighted by Crippen LogP contribution is 2.39. The predicted octanol–water partition coefficient (Wildman–Crippen LogP) is 6.30. The van der Waals surface area contributed by atoms with Crippen molar-refractivity contribution < 1.29 is 37.0 Å². The third-order valence-electron chi connectivity index (χ3n) is 5.74. The van der Waals surface area contributed by atoms with Gasteiger partial charge < -0.3 is 19.1 Å². The summed E-state index contributed by atoms with van der Waals surface area (Å²) in [6.45, 7) is 1.98. The summed E-state index contributed by atoms with van der Waals surface area (Å²) < 4.78 is 55.7. The first kappa shape index (κ1) is 30.2. The van der Waals surface area contributed by atoms with E-state index < -0.39 is 23.7 Å². The third kappa shape index (κ3) is 7.01. The molecule has 0 atom stereocenters. The number of carbonyl (C=O) groups excluding carboxylic acids is 2. The summed E-state index contributed by atoms with van der Waals surface area (Å²) in [6, 6.07) is 11.8. The van der Waals surface area contributed by atoms with E-state index in [1.54, 1.807) is 37.3 Å². The minimum Gasteiger partial charge on any atom is -0.495 e. The summed E-state index contributed by atoms with van der Waals surface area (Å²) in [5.74, 6) is -0.461. The maximum absolute atomic E-state index is 13.7. The highest BCUT2D eigenvalue weighted by atomic mass is 35.5. The molecule has 0 saturated heterocycles. The highest BCUT2D eigenvalue weighted by molar-refractivity contribution is 6.34. The molecule has 0 bridgehead atoms. The molecule has 1 aromatic heterocycles. The maximum Gasteiger partial charge on any atom is 0.433 e. The molecular weight excluding hydrogens is 551 g/mol. The van der Waals surface area contributed by atoms with Crippen LogP contribution in [0.4, 0.5) is 18.9 Å². The number of benzene rings is 2. The van der Waals surface area contributed by atoms with Gasteiger partial charge in [-0.2, -0.15) is 18.4 Å². The Bertz CT molecular complexity index is 1440. The molecule has 2 aromatic carbocycles. The Morgan fingerprint density at radius 3 is 2.50 bits per heavy atom. The number of para-hydroxylation sites is 2. The molecule has 0 N–H and O–H groups in total. The van der Waals surface area contributed by atoms with E-state index in [0.717, 1.165) is 6.20 Å².